The van der Waals surface area contributed by atoms with Crippen molar-refractivity contribution in [1.29, 1.82) is 0 Å². The second-order valence-corrected chi connectivity index (χ2v) is 9.01. The van der Waals surface area contributed by atoms with Crippen LogP contribution in [0.15, 0.2) is 36.4 Å². The summed E-state index contributed by atoms with van der Waals surface area (Å²) in [7, 11) is 0. The van der Waals surface area contributed by atoms with E-state index in [1.54, 1.807) is 0 Å². The van der Waals surface area contributed by atoms with Crippen LogP contribution in [0, 0.1) is 0 Å². The van der Waals surface area contributed by atoms with Gasteiger partial charge in [0.2, 0.25) is 0 Å². The van der Waals surface area contributed by atoms with Crippen LogP contribution in [0.5, 0.6) is 5.75 Å². The maximum absolute atomic E-state index is 5.87. The van der Waals surface area contributed by atoms with Gasteiger partial charge in [0.05, 0.1) is 6.61 Å². The lowest BCUT2D eigenvalue weighted by Gasteiger charge is -2.10. The Balaban J connectivity index is 1.38. The summed E-state index contributed by atoms with van der Waals surface area (Å²) in [5.41, 5.74) is 1.36. The summed E-state index contributed by atoms with van der Waals surface area (Å²) >= 11 is 0. The average Bonchev–Trinajstić information content (AvgIpc) is 3.47. The van der Waals surface area contributed by atoms with Gasteiger partial charge in [-0.15, -0.1) is 0 Å². The molecular formula is C27H44O2. The van der Waals surface area contributed by atoms with Gasteiger partial charge in [-0.3, -0.25) is 0 Å². The topological polar surface area (TPSA) is 21.8 Å². The summed E-state index contributed by atoms with van der Waals surface area (Å²) in [5.74, 6) is 0.983. The fraction of sp³-hybridized carbons (Fsp3) is 0.704. The molecule has 2 nitrogen and oxygen atoms in total. The minimum Gasteiger partial charge on any atom is -0.490 e. The van der Waals surface area contributed by atoms with Gasteiger partial charge < -0.3 is 9.47 Å². The molecule has 0 amide bonds. The molecule has 1 unspecified atom stereocenters. The third kappa shape index (κ3) is 12.1. The first-order valence-corrected chi connectivity index (χ1v) is 12.2. The van der Waals surface area contributed by atoms with E-state index in [1.165, 1.54) is 89.0 Å². The number of hydrogen-bond donors (Lipinski definition) is 0. The van der Waals surface area contributed by atoms with Crippen molar-refractivity contribution in [2.75, 3.05) is 13.2 Å². The maximum atomic E-state index is 5.87. The standard InChI is InChI=1S/C27H44O2/c1-3-4-5-6-7-8-9-10-11-12-13-14-15-16-17-19-25-20-18-21-26(22-25)28-23-27(2)24-29-27/h5-6,18,20-22H,3-4,7-17,19,23-24H2,1-2H3/b6-5+. The predicted octanol–water partition coefficient (Wildman–Crippen LogP) is 8.04. The molecule has 1 aromatic rings. The van der Waals surface area contributed by atoms with E-state index in [0.717, 1.165) is 18.8 Å². The van der Waals surface area contributed by atoms with Crippen molar-refractivity contribution in [2.24, 2.45) is 0 Å². The second-order valence-electron chi connectivity index (χ2n) is 9.01. The highest BCUT2D eigenvalue weighted by Crippen LogP contribution is 2.27. The minimum atomic E-state index is -0.0401. The van der Waals surface area contributed by atoms with Crippen molar-refractivity contribution in [1.82, 2.24) is 0 Å². The van der Waals surface area contributed by atoms with Gasteiger partial charge in [0.1, 0.15) is 18.0 Å². The van der Waals surface area contributed by atoms with E-state index in [9.17, 15) is 0 Å². The molecule has 1 saturated heterocycles. The number of benzene rings is 1. The number of hydrogen-bond acceptors (Lipinski definition) is 2. The van der Waals surface area contributed by atoms with E-state index in [-0.39, 0.29) is 5.60 Å². The first-order chi connectivity index (χ1) is 14.2. The molecule has 1 fully saturated rings. The molecular weight excluding hydrogens is 356 g/mol. The van der Waals surface area contributed by atoms with Crippen LogP contribution in [0.1, 0.15) is 103 Å². The first-order valence-electron chi connectivity index (χ1n) is 12.2. The zero-order valence-corrected chi connectivity index (χ0v) is 19.1. The Morgan fingerprint density at radius 1 is 0.897 bits per heavy atom. The van der Waals surface area contributed by atoms with Gasteiger partial charge in [0.25, 0.3) is 0 Å². The van der Waals surface area contributed by atoms with E-state index >= 15 is 0 Å². The van der Waals surface area contributed by atoms with E-state index in [4.69, 9.17) is 9.47 Å². The maximum Gasteiger partial charge on any atom is 0.123 e. The fourth-order valence-electron chi connectivity index (χ4n) is 3.64. The number of rotatable bonds is 18. The van der Waals surface area contributed by atoms with E-state index < -0.39 is 0 Å². The van der Waals surface area contributed by atoms with Crippen molar-refractivity contribution in [3.05, 3.63) is 42.0 Å². The summed E-state index contributed by atoms with van der Waals surface area (Å²) in [6, 6.07) is 8.59. The molecule has 0 bridgehead atoms. The normalized spacial score (nSPS) is 18.4. The number of allylic oxidation sites excluding steroid dienone is 2. The van der Waals surface area contributed by atoms with Crippen LogP contribution in [0.4, 0.5) is 0 Å². The van der Waals surface area contributed by atoms with Crippen molar-refractivity contribution in [2.45, 2.75) is 109 Å². The van der Waals surface area contributed by atoms with E-state index in [0.29, 0.717) is 6.61 Å². The molecule has 0 aromatic heterocycles. The molecule has 1 heterocycles. The van der Waals surface area contributed by atoms with Crippen molar-refractivity contribution in [3.63, 3.8) is 0 Å². The lowest BCUT2D eigenvalue weighted by molar-refractivity contribution is 0.202. The van der Waals surface area contributed by atoms with Crippen LogP contribution >= 0.6 is 0 Å². The molecule has 2 heteroatoms. The monoisotopic (exact) mass is 400 g/mol. The summed E-state index contributed by atoms with van der Waals surface area (Å²) in [4.78, 5) is 0. The van der Waals surface area contributed by atoms with Crippen LogP contribution in [-0.4, -0.2) is 18.8 Å². The third-order valence-electron chi connectivity index (χ3n) is 5.79. The van der Waals surface area contributed by atoms with Gasteiger partial charge >= 0.3 is 0 Å². The highest BCUT2D eigenvalue weighted by molar-refractivity contribution is 5.28. The Hall–Kier alpha value is -1.28. The number of unbranched alkanes of at least 4 members (excludes halogenated alkanes) is 11. The smallest absolute Gasteiger partial charge is 0.123 e. The van der Waals surface area contributed by atoms with Crippen molar-refractivity contribution in [3.8, 4) is 5.75 Å². The third-order valence-corrected chi connectivity index (χ3v) is 5.79. The summed E-state index contributed by atoms with van der Waals surface area (Å²) in [6.07, 6.45) is 23.6. The Morgan fingerprint density at radius 3 is 2.17 bits per heavy atom. The van der Waals surface area contributed by atoms with Crippen LogP contribution < -0.4 is 4.74 Å². The average molecular weight is 401 g/mol. The highest BCUT2D eigenvalue weighted by atomic mass is 16.6. The summed E-state index contributed by atoms with van der Waals surface area (Å²) in [6.45, 7) is 5.83. The Bertz CT molecular complexity index is 559. The summed E-state index contributed by atoms with van der Waals surface area (Å²) in [5, 5.41) is 0. The molecule has 29 heavy (non-hydrogen) atoms. The largest absolute Gasteiger partial charge is 0.490 e. The Morgan fingerprint density at radius 2 is 1.52 bits per heavy atom. The molecule has 2 rings (SSSR count). The minimum absolute atomic E-state index is 0.0401. The van der Waals surface area contributed by atoms with Crippen molar-refractivity contribution < 1.29 is 9.47 Å². The fourth-order valence-corrected chi connectivity index (χ4v) is 3.64. The van der Waals surface area contributed by atoms with Gasteiger partial charge in [-0.1, -0.05) is 89.0 Å². The molecule has 164 valence electrons. The van der Waals surface area contributed by atoms with Gasteiger partial charge in [0, 0.05) is 0 Å². The zero-order chi connectivity index (χ0) is 20.6. The molecule has 1 aromatic carbocycles. The molecule has 1 atom stereocenters. The number of epoxide rings is 1. The van der Waals surface area contributed by atoms with Crippen LogP contribution in [0.25, 0.3) is 0 Å². The zero-order valence-electron chi connectivity index (χ0n) is 19.1. The Labute approximate surface area is 180 Å². The van der Waals surface area contributed by atoms with Gasteiger partial charge in [-0.05, 0) is 56.7 Å². The van der Waals surface area contributed by atoms with E-state index in [1.807, 2.05) is 0 Å². The van der Waals surface area contributed by atoms with Gasteiger partial charge in [-0.2, -0.15) is 0 Å². The van der Waals surface area contributed by atoms with E-state index in [2.05, 4.69) is 50.3 Å². The highest BCUT2D eigenvalue weighted by Gasteiger charge is 2.40. The SMILES string of the molecule is CCC/C=C/CCCCCCCCCCCCc1cccc(OCC2(C)CO2)c1. The molecule has 0 N–H and O–H groups in total. The van der Waals surface area contributed by atoms with Gasteiger partial charge in [0.15, 0.2) is 0 Å². The predicted molar refractivity (Wildman–Crippen MR) is 125 cm³/mol. The van der Waals surface area contributed by atoms with Crippen LogP contribution in [0.2, 0.25) is 0 Å². The van der Waals surface area contributed by atoms with Crippen molar-refractivity contribution >= 4 is 0 Å². The molecule has 1 aliphatic rings. The Kier molecular flexibility index (Phi) is 12.1. The number of ether oxygens (including phenoxy) is 2. The first kappa shape index (κ1) is 24.0. The number of aryl methyl sites for hydroxylation is 1. The van der Waals surface area contributed by atoms with Gasteiger partial charge in [-0.25, -0.2) is 0 Å². The van der Waals surface area contributed by atoms with Crippen LogP contribution in [0.3, 0.4) is 0 Å². The lowest BCUT2D eigenvalue weighted by atomic mass is 10.0. The lowest BCUT2D eigenvalue weighted by Crippen LogP contribution is -2.16. The molecule has 0 saturated carbocycles. The summed E-state index contributed by atoms with van der Waals surface area (Å²) < 4.78 is 11.3. The molecule has 0 aliphatic carbocycles. The quantitative estimate of drug-likeness (QED) is 0.141. The molecule has 0 spiro atoms. The second kappa shape index (κ2) is 14.7. The molecule has 1 aliphatic heterocycles. The molecule has 0 radical (unpaired) electrons. The van der Waals surface area contributed by atoms with Crippen LogP contribution in [-0.2, 0) is 11.2 Å².